The third-order valence-corrected chi connectivity index (χ3v) is 14.9. The van der Waals surface area contributed by atoms with Gasteiger partial charge in [0.1, 0.15) is 8.24 Å². The van der Waals surface area contributed by atoms with E-state index in [1.165, 1.54) is 71.0 Å². The predicted molar refractivity (Wildman–Crippen MR) is 110 cm³/mol. The van der Waals surface area contributed by atoms with Crippen LogP contribution in [0.25, 0.3) is 0 Å². The minimum absolute atomic E-state index is 0.892. The maximum Gasteiger partial charge on any atom is 0.280 e. The molecule has 0 aromatic carbocycles. The molecule has 23 heavy (non-hydrogen) atoms. The molecular weight excluding hydrogens is 314 g/mol. The molecule has 0 atom stereocenters. The molecule has 5 heteroatoms. The highest BCUT2D eigenvalue weighted by Crippen LogP contribution is 2.39. The number of hydrogen-bond donors (Lipinski definition) is 2. The first-order valence-electron chi connectivity index (χ1n) is 10.2. The van der Waals surface area contributed by atoms with Gasteiger partial charge in [-0.3, -0.25) is 0 Å². The molecular formula is C18H43N3Si2. The van der Waals surface area contributed by atoms with Crippen LogP contribution in [0.4, 0.5) is 0 Å². The first kappa shape index (κ1) is 21.4. The van der Waals surface area contributed by atoms with Crippen LogP contribution in [0.3, 0.4) is 0 Å². The van der Waals surface area contributed by atoms with Crippen LogP contribution in [0.15, 0.2) is 0 Å². The van der Waals surface area contributed by atoms with Gasteiger partial charge in [0, 0.05) is 0 Å². The van der Waals surface area contributed by atoms with E-state index in [0.29, 0.717) is 0 Å². The monoisotopic (exact) mass is 357 g/mol. The van der Waals surface area contributed by atoms with Crippen molar-refractivity contribution in [2.45, 2.75) is 97.3 Å². The van der Waals surface area contributed by atoms with E-state index in [2.05, 4.69) is 54.6 Å². The zero-order valence-electron chi connectivity index (χ0n) is 16.8. The van der Waals surface area contributed by atoms with Crippen LogP contribution in [-0.4, -0.2) is 40.7 Å². The normalized spacial score (nSPS) is 17.3. The van der Waals surface area contributed by atoms with E-state index in [1.54, 1.807) is 0 Å². The molecule has 1 aliphatic rings. The molecule has 0 unspecified atom stereocenters. The van der Waals surface area contributed by atoms with E-state index in [4.69, 9.17) is 0 Å². The number of unbranched alkanes of at least 4 members (excludes halogenated alkanes) is 2. The van der Waals surface area contributed by atoms with Gasteiger partial charge >= 0.3 is 0 Å². The highest BCUT2D eigenvalue weighted by atomic mass is 28.4. The van der Waals surface area contributed by atoms with Crippen molar-refractivity contribution in [2.24, 2.45) is 0 Å². The van der Waals surface area contributed by atoms with Crippen LogP contribution in [-0.2, 0) is 0 Å². The van der Waals surface area contributed by atoms with Gasteiger partial charge in [-0.25, -0.2) is 0 Å². The maximum atomic E-state index is 4.18. The zero-order valence-corrected chi connectivity index (χ0v) is 18.8. The average molecular weight is 358 g/mol. The van der Waals surface area contributed by atoms with Crippen molar-refractivity contribution >= 4 is 16.8 Å². The van der Waals surface area contributed by atoms with Crippen LogP contribution in [0.5, 0.6) is 0 Å². The third-order valence-electron chi connectivity index (χ3n) is 5.35. The Morgan fingerprint density at radius 1 is 0.870 bits per heavy atom. The summed E-state index contributed by atoms with van der Waals surface area (Å²) in [6.07, 6.45) is 10.9. The molecule has 2 N–H and O–H groups in total. The first-order valence-corrected chi connectivity index (χ1v) is 15.7. The van der Waals surface area contributed by atoms with Crippen molar-refractivity contribution in [3.05, 3.63) is 0 Å². The molecule has 0 radical (unpaired) electrons. The molecule has 0 bridgehead atoms. The van der Waals surface area contributed by atoms with Crippen LogP contribution >= 0.6 is 0 Å². The fraction of sp³-hybridized carbons (Fsp3) is 1.00. The summed E-state index contributed by atoms with van der Waals surface area (Å²) in [5.74, 6) is 0. The van der Waals surface area contributed by atoms with E-state index in [1.807, 2.05) is 0 Å². The third kappa shape index (κ3) is 5.96. The Balaban J connectivity index is 3.07. The fourth-order valence-electron chi connectivity index (χ4n) is 4.27. The lowest BCUT2D eigenvalue weighted by atomic mass is 10.3. The quantitative estimate of drug-likeness (QED) is 0.388. The van der Waals surface area contributed by atoms with E-state index in [0.717, 1.165) is 5.54 Å². The van der Waals surface area contributed by atoms with Crippen LogP contribution in [0.2, 0.25) is 25.2 Å². The molecule has 0 heterocycles. The number of hydrogen-bond acceptors (Lipinski definition) is 3. The van der Waals surface area contributed by atoms with Gasteiger partial charge in [-0.1, -0.05) is 66.1 Å². The molecule has 0 aromatic heterocycles. The lowest BCUT2D eigenvalue weighted by molar-refractivity contribution is 0.525. The Hall–Kier alpha value is 0.314. The summed E-state index contributed by atoms with van der Waals surface area (Å²) in [5, 5.41) is 0. The van der Waals surface area contributed by atoms with Gasteiger partial charge in [-0.15, -0.1) is 0 Å². The van der Waals surface area contributed by atoms with Crippen LogP contribution in [0.1, 0.15) is 72.1 Å². The second-order valence-corrected chi connectivity index (χ2v) is 17.1. The average Bonchev–Trinajstić information content (AvgIpc) is 3.01. The Morgan fingerprint density at radius 3 is 1.70 bits per heavy atom. The maximum absolute atomic E-state index is 4.18. The molecule has 1 saturated carbocycles. The van der Waals surface area contributed by atoms with Crippen molar-refractivity contribution in [3.8, 4) is 0 Å². The molecule has 0 amide bonds. The highest BCUT2D eigenvalue weighted by molar-refractivity contribution is 6.89. The van der Waals surface area contributed by atoms with Gasteiger partial charge in [-0.05, 0) is 50.9 Å². The Bertz CT molecular complexity index is 302. The van der Waals surface area contributed by atoms with Gasteiger partial charge < -0.3 is 14.2 Å². The fourth-order valence-corrected chi connectivity index (χ4v) is 14.9. The van der Waals surface area contributed by atoms with Gasteiger partial charge in [0.15, 0.2) is 0 Å². The van der Waals surface area contributed by atoms with Crippen molar-refractivity contribution in [1.82, 2.24) is 14.2 Å². The predicted octanol–water partition coefficient (Wildman–Crippen LogP) is 4.81. The zero-order chi connectivity index (χ0) is 17.3. The molecule has 0 saturated heterocycles. The molecule has 3 nitrogen and oxygen atoms in total. The second-order valence-electron chi connectivity index (χ2n) is 8.22. The molecule has 1 rings (SSSR count). The number of nitrogens with zero attached hydrogens (tertiary/aromatic N) is 1. The minimum Gasteiger partial charge on any atom is -0.321 e. The summed E-state index contributed by atoms with van der Waals surface area (Å²) in [6, 6.07) is 0. The highest BCUT2D eigenvalue weighted by Gasteiger charge is 2.51. The van der Waals surface area contributed by atoms with E-state index < -0.39 is 16.8 Å². The van der Waals surface area contributed by atoms with Crippen molar-refractivity contribution in [2.75, 3.05) is 19.6 Å². The Kier molecular flexibility index (Phi) is 9.60. The molecule has 0 aromatic rings. The Labute approximate surface area is 148 Å². The number of nitrogens with one attached hydrogen (secondary N) is 2. The summed E-state index contributed by atoms with van der Waals surface area (Å²) in [5.41, 5.74) is 0.892. The topological polar surface area (TPSA) is 27.3 Å². The Morgan fingerprint density at radius 2 is 1.35 bits per heavy atom. The van der Waals surface area contributed by atoms with E-state index in [9.17, 15) is 0 Å². The number of rotatable bonds is 12. The standard InChI is InChI=1S/C18H43N3Si2/c1-7-10-16-19-23(20-17-11-8-2,18-14-12-13-15-18)21(9-3)22(4,5)6/h18-20H,7-17H2,1-6H3. The molecule has 138 valence electrons. The van der Waals surface area contributed by atoms with Crippen molar-refractivity contribution in [1.29, 1.82) is 0 Å². The van der Waals surface area contributed by atoms with Gasteiger partial charge in [0.05, 0.1) is 0 Å². The molecule has 1 fully saturated rings. The minimum atomic E-state index is -1.81. The lowest BCUT2D eigenvalue weighted by Gasteiger charge is -2.51. The summed E-state index contributed by atoms with van der Waals surface area (Å²) >= 11 is 0. The lowest BCUT2D eigenvalue weighted by Crippen LogP contribution is -2.80. The molecule has 0 spiro atoms. The van der Waals surface area contributed by atoms with Crippen LogP contribution < -0.4 is 9.96 Å². The SMILES string of the molecule is CCCCN[Si](NCCCC)(C1CCCC1)N(CC)[Si](C)(C)C. The van der Waals surface area contributed by atoms with Crippen LogP contribution in [0, 0.1) is 0 Å². The second kappa shape index (κ2) is 10.3. The van der Waals surface area contributed by atoms with Gasteiger partial charge in [-0.2, -0.15) is 0 Å². The van der Waals surface area contributed by atoms with Crippen molar-refractivity contribution < 1.29 is 0 Å². The molecule has 0 aliphatic heterocycles. The van der Waals surface area contributed by atoms with Crippen molar-refractivity contribution in [3.63, 3.8) is 0 Å². The molecule has 1 aliphatic carbocycles. The van der Waals surface area contributed by atoms with E-state index in [-0.39, 0.29) is 0 Å². The summed E-state index contributed by atoms with van der Waals surface area (Å²) in [7, 11) is -3.15. The summed E-state index contributed by atoms with van der Waals surface area (Å²) < 4.78 is 2.97. The van der Waals surface area contributed by atoms with Gasteiger partial charge in [0.2, 0.25) is 0 Å². The smallest absolute Gasteiger partial charge is 0.280 e. The summed E-state index contributed by atoms with van der Waals surface area (Å²) in [6.45, 7) is 18.2. The summed E-state index contributed by atoms with van der Waals surface area (Å²) in [4.78, 5) is 8.36. The van der Waals surface area contributed by atoms with Gasteiger partial charge in [0.25, 0.3) is 8.56 Å². The largest absolute Gasteiger partial charge is 0.321 e. The first-order chi connectivity index (χ1) is 10.9. The van der Waals surface area contributed by atoms with E-state index >= 15 is 0 Å².